The van der Waals surface area contributed by atoms with Crippen molar-refractivity contribution >= 4 is 23.2 Å². The van der Waals surface area contributed by atoms with Crippen LogP contribution in [0.1, 0.15) is 0 Å². The summed E-state index contributed by atoms with van der Waals surface area (Å²) in [6, 6.07) is 3.29. The van der Waals surface area contributed by atoms with Gasteiger partial charge in [-0.05, 0) is 0 Å². The molecule has 0 unspecified atom stereocenters. The number of hydrogen-bond donors (Lipinski definition) is 1. The van der Waals surface area contributed by atoms with Crippen LogP contribution in [0.15, 0.2) is 12.1 Å². The van der Waals surface area contributed by atoms with Crippen LogP contribution in [0.2, 0.25) is 0 Å². The average Bonchev–Trinajstić information content (AvgIpc) is 2.38. The Morgan fingerprint density at radius 3 is 2.06 bits per heavy atom. The van der Waals surface area contributed by atoms with Crippen molar-refractivity contribution in [2.75, 3.05) is 32.5 Å². The normalized spacial score (nSPS) is 9.65. The van der Waals surface area contributed by atoms with E-state index < -0.39 is 0 Å². The third kappa shape index (κ3) is 3.17. The number of methoxy groups -OCH3 is 3. The van der Waals surface area contributed by atoms with Crippen molar-refractivity contribution in [1.29, 1.82) is 0 Å². The summed E-state index contributed by atoms with van der Waals surface area (Å²) in [6.45, 7) is 0. The van der Waals surface area contributed by atoms with E-state index >= 15 is 0 Å². The van der Waals surface area contributed by atoms with Gasteiger partial charge in [0.05, 0.1) is 21.3 Å². The lowest BCUT2D eigenvalue weighted by Crippen LogP contribution is -2.14. The number of hydrogen-bond acceptors (Lipinski definition) is 4. The molecule has 1 rings (SSSR count). The second kappa shape index (κ2) is 6.20. The first-order valence-electron chi connectivity index (χ1n) is 4.82. The van der Waals surface area contributed by atoms with Gasteiger partial charge >= 0.3 is 0 Å². The van der Waals surface area contributed by atoms with Gasteiger partial charge in [0, 0.05) is 12.1 Å². The predicted octanol–water partition coefficient (Wildman–Crippen LogP) is 1.89. The first-order valence-corrected chi connectivity index (χ1v) is 5.35. The molecule has 0 saturated heterocycles. The Labute approximate surface area is 105 Å². The summed E-state index contributed by atoms with van der Waals surface area (Å²) in [5, 5.41) is 2.61. The molecule has 6 heteroatoms. The first-order chi connectivity index (χ1) is 8.15. The van der Waals surface area contributed by atoms with E-state index in [2.05, 4.69) is 5.32 Å². The Balaban J connectivity index is 3.19. The van der Waals surface area contributed by atoms with Gasteiger partial charge in [0.15, 0.2) is 0 Å². The number of anilines is 1. The molecule has 0 saturated carbocycles. The van der Waals surface area contributed by atoms with Crippen molar-refractivity contribution in [3.05, 3.63) is 12.1 Å². The monoisotopic (exact) mass is 259 g/mol. The van der Waals surface area contributed by atoms with Crippen molar-refractivity contribution in [1.82, 2.24) is 0 Å². The lowest BCUT2D eigenvalue weighted by Gasteiger charge is -2.15. The van der Waals surface area contributed by atoms with Crippen molar-refractivity contribution < 1.29 is 19.0 Å². The van der Waals surface area contributed by atoms with Crippen LogP contribution in [0.3, 0.4) is 0 Å². The van der Waals surface area contributed by atoms with Gasteiger partial charge in [-0.15, -0.1) is 11.6 Å². The van der Waals surface area contributed by atoms with Gasteiger partial charge in [-0.2, -0.15) is 0 Å². The molecule has 17 heavy (non-hydrogen) atoms. The van der Waals surface area contributed by atoms with Gasteiger partial charge in [0.1, 0.15) is 28.8 Å². The highest BCUT2D eigenvalue weighted by atomic mass is 35.5. The standard InChI is InChI=1S/C11H14ClNO4/c1-15-7-4-8(16-2)11(9(5-7)17-3)13-10(14)6-12/h4-5H,6H2,1-3H3,(H,13,14). The van der Waals surface area contributed by atoms with Gasteiger partial charge in [0.2, 0.25) is 5.91 Å². The van der Waals surface area contributed by atoms with Gasteiger partial charge in [-0.3, -0.25) is 4.79 Å². The van der Waals surface area contributed by atoms with E-state index in [-0.39, 0.29) is 11.8 Å². The molecule has 0 aliphatic rings. The van der Waals surface area contributed by atoms with Crippen LogP contribution in [0, 0.1) is 0 Å². The fraction of sp³-hybridized carbons (Fsp3) is 0.364. The smallest absolute Gasteiger partial charge is 0.239 e. The van der Waals surface area contributed by atoms with Crippen molar-refractivity contribution in [3.8, 4) is 17.2 Å². The number of amides is 1. The van der Waals surface area contributed by atoms with E-state index in [0.29, 0.717) is 22.9 Å². The summed E-state index contributed by atoms with van der Waals surface area (Å²) in [5.74, 6) is 0.980. The van der Waals surface area contributed by atoms with E-state index in [1.807, 2.05) is 0 Å². The molecule has 0 fully saturated rings. The maximum atomic E-state index is 11.3. The molecule has 0 bridgehead atoms. The quantitative estimate of drug-likeness (QED) is 0.821. The van der Waals surface area contributed by atoms with Crippen LogP contribution in [0.25, 0.3) is 0 Å². The van der Waals surface area contributed by atoms with Crippen molar-refractivity contribution in [3.63, 3.8) is 0 Å². The summed E-state index contributed by atoms with van der Waals surface area (Å²) < 4.78 is 15.4. The summed E-state index contributed by atoms with van der Waals surface area (Å²) in [5.41, 5.74) is 0.432. The minimum absolute atomic E-state index is 0.141. The Morgan fingerprint density at radius 1 is 1.18 bits per heavy atom. The maximum absolute atomic E-state index is 11.3. The third-order valence-electron chi connectivity index (χ3n) is 2.10. The summed E-state index contributed by atoms with van der Waals surface area (Å²) in [4.78, 5) is 11.3. The molecule has 0 atom stereocenters. The second-order valence-electron chi connectivity index (χ2n) is 3.09. The number of alkyl halides is 1. The van der Waals surface area contributed by atoms with E-state index in [0.717, 1.165) is 0 Å². The SMILES string of the molecule is COc1cc(OC)c(NC(=O)CCl)c(OC)c1. The third-order valence-corrected chi connectivity index (χ3v) is 2.34. The Kier molecular flexibility index (Phi) is 4.90. The Bertz CT molecular complexity index is 383. The average molecular weight is 260 g/mol. The molecule has 94 valence electrons. The van der Waals surface area contributed by atoms with E-state index in [9.17, 15) is 4.79 Å². The minimum atomic E-state index is -0.339. The van der Waals surface area contributed by atoms with Gasteiger partial charge in [-0.1, -0.05) is 0 Å². The zero-order valence-corrected chi connectivity index (χ0v) is 10.6. The molecule has 1 amide bonds. The molecule has 0 heterocycles. The number of rotatable bonds is 5. The maximum Gasteiger partial charge on any atom is 0.239 e. The minimum Gasteiger partial charge on any atom is -0.496 e. The highest BCUT2D eigenvalue weighted by molar-refractivity contribution is 6.29. The Morgan fingerprint density at radius 2 is 1.71 bits per heavy atom. The first kappa shape index (κ1) is 13.4. The van der Waals surface area contributed by atoms with E-state index in [4.69, 9.17) is 25.8 Å². The molecule has 1 N–H and O–H groups in total. The van der Waals surface area contributed by atoms with Crippen molar-refractivity contribution in [2.24, 2.45) is 0 Å². The van der Waals surface area contributed by atoms with Crippen LogP contribution in [0.4, 0.5) is 5.69 Å². The lowest BCUT2D eigenvalue weighted by molar-refractivity contribution is -0.113. The van der Waals surface area contributed by atoms with Crippen LogP contribution in [-0.4, -0.2) is 33.1 Å². The van der Waals surface area contributed by atoms with E-state index in [1.54, 1.807) is 12.1 Å². The zero-order chi connectivity index (χ0) is 12.8. The molecule has 5 nitrogen and oxygen atoms in total. The number of nitrogens with one attached hydrogen (secondary N) is 1. The van der Waals surface area contributed by atoms with Crippen LogP contribution < -0.4 is 19.5 Å². The van der Waals surface area contributed by atoms with Crippen molar-refractivity contribution in [2.45, 2.75) is 0 Å². The molecule has 0 aromatic heterocycles. The fourth-order valence-electron chi connectivity index (χ4n) is 1.30. The number of carbonyl (C=O) groups is 1. The molecule has 1 aromatic carbocycles. The summed E-state index contributed by atoms with van der Waals surface area (Å²) >= 11 is 5.43. The highest BCUT2D eigenvalue weighted by Crippen LogP contribution is 2.38. The number of halogens is 1. The summed E-state index contributed by atoms with van der Waals surface area (Å²) in [6.07, 6.45) is 0. The molecule has 0 radical (unpaired) electrons. The van der Waals surface area contributed by atoms with Gasteiger partial charge < -0.3 is 19.5 Å². The van der Waals surface area contributed by atoms with Gasteiger partial charge in [0.25, 0.3) is 0 Å². The second-order valence-corrected chi connectivity index (χ2v) is 3.36. The molecule has 1 aromatic rings. The molecular formula is C11H14ClNO4. The topological polar surface area (TPSA) is 56.8 Å². The fourth-order valence-corrected chi connectivity index (χ4v) is 1.37. The molecule has 0 aliphatic carbocycles. The van der Waals surface area contributed by atoms with Crippen LogP contribution in [-0.2, 0) is 4.79 Å². The molecule has 0 spiro atoms. The molecular weight excluding hydrogens is 246 g/mol. The highest BCUT2D eigenvalue weighted by Gasteiger charge is 2.15. The number of carbonyl (C=O) groups excluding carboxylic acids is 1. The molecule has 0 aliphatic heterocycles. The predicted molar refractivity (Wildman–Crippen MR) is 65.4 cm³/mol. The zero-order valence-electron chi connectivity index (χ0n) is 9.87. The number of benzene rings is 1. The Hall–Kier alpha value is -1.62. The lowest BCUT2D eigenvalue weighted by atomic mass is 10.2. The van der Waals surface area contributed by atoms with Crippen LogP contribution in [0.5, 0.6) is 17.2 Å². The van der Waals surface area contributed by atoms with E-state index in [1.165, 1.54) is 21.3 Å². The van der Waals surface area contributed by atoms with Crippen LogP contribution >= 0.6 is 11.6 Å². The van der Waals surface area contributed by atoms with Gasteiger partial charge in [-0.25, -0.2) is 0 Å². The largest absolute Gasteiger partial charge is 0.496 e. The number of ether oxygens (including phenoxy) is 3. The summed E-state index contributed by atoms with van der Waals surface area (Å²) in [7, 11) is 4.51.